The van der Waals surface area contributed by atoms with Crippen LogP contribution in [-0.2, 0) is 6.54 Å². The number of carbonyl (C=O) groups is 1. The van der Waals surface area contributed by atoms with E-state index in [0.29, 0.717) is 12.2 Å². The van der Waals surface area contributed by atoms with Crippen LogP contribution in [0, 0.1) is 0 Å². The maximum Gasteiger partial charge on any atom is 0.271 e. The van der Waals surface area contributed by atoms with Crippen LogP contribution in [0.5, 0.6) is 0 Å². The van der Waals surface area contributed by atoms with Gasteiger partial charge in [-0.05, 0) is 6.42 Å². The van der Waals surface area contributed by atoms with E-state index in [9.17, 15) is 4.79 Å². The zero-order chi connectivity index (χ0) is 15.9. The molecule has 0 atom stereocenters. The minimum atomic E-state index is -0.202. The molecule has 23 heavy (non-hydrogen) atoms. The van der Waals surface area contributed by atoms with Crippen molar-refractivity contribution in [3.05, 3.63) is 67.0 Å². The summed E-state index contributed by atoms with van der Waals surface area (Å²) < 4.78 is 2.09. The maximum absolute atomic E-state index is 11.9. The fraction of sp³-hybridized carbons (Fsp3) is 0.176. The molecule has 116 valence electrons. The highest BCUT2D eigenvalue weighted by Crippen LogP contribution is 2.16. The number of benzene rings is 1. The van der Waals surface area contributed by atoms with Crippen LogP contribution in [0.25, 0.3) is 11.4 Å². The van der Waals surface area contributed by atoms with E-state index in [2.05, 4.69) is 24.8 Å². The Kier molecular flexibility index (Phi) is 4.73. The van der Waals surface area contributed by atoms with E-state index in [1.807, 2.05) is 36.5 Å². The molecule has 3 aromatic rings. The Morgan fingerprint density at radius 1 is 1.09 bits per heavy atom. The number of rotatable bonds is 6. The highest BCUT2D eigenvalue weighted by molar-refractivity contribution is 5.91. The summed E-state index contributed by atoms with van der Waals surface area (Å²) in [5, 5.41) is 2.85. The van der Waals surface area contributed by atoms with Crippen molar-refractivity contribution in [3.8, 4) is 11.4 Å². The standard InChI is InChI=1S/C17H17N5O/c23-17(15-13-18-8-9-19-15)21-7-4-11-22-12-10-20-16(22)14-5-2-1-3-6-14/h1-3,5-6,8-10,12-13H,4,7,11H2,(H,21,23). The first-order valence-corrected chi connectivity index (χ1v) is 7.45. The van der Waals surface area contributed by atoms with E-state index in [0.717, 1.165) is 24.4 Å². The summed E-state index contributed by atoms with van der Waals surface area (Å²) in [4.78, 5) is 24.1. The van der Waals surface area contributed by atoms with Crippen molar-refractivity contribution in [1.82, 2.24) is 24.8 Å². The molecule has 2 heterocycles. The van der Waals surface area contributed by atoms with E-state index >= 15 is 0 Å². The van der Waals surface area contributed by atoms with Crippen LogP contribution in [0.1, 0.15) is 16.9 Å². The highest BCUT2D eigenvalue weighted by Gasteiger charge is 2.07. The van der Waals surface area contributed by atoms with Crippen LogP contribution >= 0.6 is 0 Å². The monoisotopic (exact) mass is 307 g/mol. The summed E-state index contributed by atoms with van der Waals surface area (Å²) in [5.41, 5.74) is 1.42. The molecule has 0 spiro atoms. The molecule has 0 bridgehead atoms. The molecule has 6 nitrogen and oxygen atoms in total. The first kappa shape index (κ1) is 14.9. The average Bonchev–Trinajstić information content (AvgIpc) is 3.08. The first-order chi connectivity index (χ1) is 11.3. The highest BCUT2D eigenvalue weighted by atomic mass is 16.1. The SMILES string of the molecule is O=C(NCCCn1ccnc1-c1ccccc1)c1cnccn1. The summed E-state index contributed by atoms with van der Waals surface area (Å²) in [6.07, 6.45) is 9.06. The van der Waals surface area contributed by atoms with Gasteiger partial charge in [0.05, 0.1) is 6.20 Å². The fourth-order valence-electron chi connectivity index (χ4n) is 2.30. The third-order valence-electron chi connectivity index (χ3n) is 3.40. The Morgan fingerprint density at radius 3 is 2.74 bits per heavy atom. The zero-order valence-corrected chi connectivity index (χ0v) is 12.6. The lowest BCUT2D eigenvalue weighted by Crippen LogP contribution is -2.26. The van der Waals surface area contributed by atoms with Crippen molar-refractivity contribution in [1.29, 1.82) is 0 Å². The summed E-state index contributed by atoms with van der Waals surface area (Å²) in [7, 11) is 0. The average molecular weight is 307 g/mol. The minimum Gasteiger partial charge on any atom is -0.351 e. The molecule has 6 heteroatoms. The molecule has 0 saturated heterocycles. The molecule has 1 N–H and O–H groups in total. The smallest absolute Gasteiger partial charge is 0.271 e. The van der Waals surface area contributed by atoms with E-state index < -0.39 is 0 Å². The summed E-state index contributed by atoms with van der Waals surface area (Å²) in [6.45, 7) is 1.35. The second-order valence-electron chi connectivity index (χ2n) is 5.01. The fourth-order valence-corrected chi connectivity index (χ4v) is 2.30. The number of hydrogen-bond acceptors (Lipinski definition) is 4. The molecule has 0 saturated carbocycles. The summed E-state index contributed by atoms with van der Waals surface area (Å²) in [6, 6.07) is 10.0. The van der Waals surface area contributed by atoms with Gasteiger partial charge in [-0.1, -0.05) is 30.3 Å². The predicted octanol–water partition coefficient (Wildman–Crippen LogP) is 2.16. The number of nitrogens with zero attached hydrogens (tertiary/aromatic N) is 4. The van der Waals surface area contributed by atoms with Gasteiger partial charge in [-0.2, -0.15) is 0 Å². The summed E-state index contributed by atoms with van der Waals surface area (Å²) >= 11 is 0. The van der Waals surface area contributed by atoms with Crippen molar-refractivity contribution in [2.75, 3.05) is 6.54 Å². The minimum absolute atomic E-state index is 0.202. The molecule has 0 fully saturated rings. The van der Waals surface area contributed by atoms with Crippen LogP contribution in [0.15, 0.2) is 61.3 Å². The van der Waals surface area contributed by atoms with Crippen LogP contribution in [0.3, 0.4) is 0 Å². The van der Waals surface area contributed by atoms with E-state index in [-0.39, 0.29) is 5.91 Å². The van der Waals surface area contributed by atoms with Gasteiger partial charge >= 0.3 is 0 Å². The van der Waals surface area contributed by atoms with Crippen LogP contribution in [0.4, 0.5) is 0 Å². The molecule has 0 radical (unpaired) electrons. The molecular weight excluding hydrogens is 290 g/mol. The van der Waals surface area contributed by atoms with Gasteiger partial charge < -0.3 is 9.88 Å². The van der Waals surface area contributed by atoms with Crippen LogP contribution in [-0.4, -0.2) is 32.0 Å². The van der Waals surface area contributed by atoms with Gasteiger partial charge in [0.1, 0.15) is 11.5 Å². The van der Waals surface area contributed by atoms with E-state index in [4.69, 9.17) is 0 Å². The number of imidazole rings is 1. The molecule has 0 aliphatic carbocycles. The van der Waals surface area contributed by atoms with Gasteiger partial charge in [-0.3, -0.25) is 9.78 Å². The quantitative estimate of drug-likeness (QED) is 0.708. The third-order valence-corrected chi connectivity index (χ3v) is 3.40. The number of aryl methyl sites for hydroxylation is 1. The van der Waals surface area contributed by atoms with Crippen molar-refractivity contribution >= 4 is 5.91 Å². The first-order valence-electron chi connectivity index (χ1n) is 7.45. The number of nitrogens with one attached hydrogen (secondary N) is 1. The van der Waals surface area contributed by atoms with Gasteiger partial charge in [0, 0.05) is 43.4 Å². The molecule has 2 aromatic heterocycles. The Labute approximate surface area is 134 Å². The number of carbonyl (C=O) groups excluding carboxylic acids is 1. The Balaban J connectivity index is 1.52. The topological polar surface area (TPSA) is 72.7 Å². The lowest BCUT2D eigenvalue weighted by molar-refractivity contribution is 0.0947. The second-order valence-corrected chi connectivity index (χ2v) is 5.01. The number of hydrogen-bond donors (Lipinski definition) is 1. The van der Waals surface area contributed by atoms with E-state index in [1.54, 1.807) is 12.4 Å². The molecule has 3 rings (SSSR count). The molecule has 0 aliphatic heterocycles. The molecule has 0 aliphatic rings. The third kappa shape index (κ3) is 3.79. The van der Waals surface area contributed by atoms with Gasteiger partial charge in [0.15, 0.2) is 0 Å². The van der Waals surface area contributed by atoms with Crippen molar-refractivity contribution in [2.45, 2.75) is 13.0 Å². The largest absolute Gasteiger partial charge is 0.351 e. The van der Waals surface area contributed by atoms with Crippen LogP contribution < -0.4 is 5.32 Å². The second kappa shape index (κ2) is 7.31. The summed E-state index contributed by atoms with van der Waals surface area (Å²) in [5.74, 6) is 0.734. The lowest BCUT2D eigenvalue weighted by atomic mass is 10.2. The van der Waals surface area contributed by atoms with Gasteiger partial charge in [-0.15, -0.1) is 0 Å². The lowest BCUT2D eigenvalue weighted by Gasteiger charge is -2.08. The Hall–Kier alpha value is -3.02. The van der Waals surface area contributed by atoms with Crippen LogP contribution in [0.2, 0.25) is 0 Å². The maximum atomic E-state index is 11.9. The predicted molar refractivity (Wildman–Crippen MR) is 86.6 cm³/mol. The zero-order valence-electron chi connectivity index (χ0n) is 12.6. The van der Waals surface area contributed by atoms with Crippen molar-refractivity contribution in [2.24, 2.45) is 0 Å². The van der Waals surface area contributed by atoms with Gasteiger partial charge in [-0.25, -0.2) is 9.97 Å². The number of aromatic nitrogens is 4. The van der Waals surface area contributed by atoms with Crippen molar-refractivity contribution in [3.63, 3.8) is 0 Å². The molecule has 1 amide bonds. The molecule has 1 aromatic carbocycles. The van der Waals surface area contributed by atoms with Gasteiger partial charge in [0.2, 0.25) is 0 Å². The molecular formula is C17H17N5O. The molecule has 0 unspecified atom stereocenters. The normalized spacial score (nSPS) is 10.4. The Morgan fingerprint density at radius 2 is 1.96 bits per heavy atom. The van der Waals surface area contributed by atoms with E-state index in [1.165, 1.54) is 12.4 Å². The van der Waals surface area contributed by atoms with Gasteiger partial charge in [0.25, 0.3) is 5.91 Å². The Bertz CT molecular complexity index is 755. The number of amides is 1. The van der Waals surface area contributed by atoms with Crippen molar-refractivity contribution < 1.29 is 4.79 Å².